The van der Waals surface area contributed by atoms with Gasteiger partial charge in [0.2, 0.25) is 0 Å². The topological polar surface area (TPSA) is 61.4 Å². The van der Waals surface area contributed by atoms with E-state index in [1.807, 2.05) is 0 Å². The largest absolute Gasteiger partial charge is 0.391 e. The number of rotatable bonds is 6. The molecule has 0 heterocycles. The van der Waals surface area contributed by atoms with E-state index in [1.165, 1.54) is 0 Å². The van der Waals surface area contributed by atoms with Crippen LogP contribution in [0.15, 0.2) is 11.3 Å². The number of aliphatic hydroxyl groups excluding tert-OH is 1. The number of nitrogens with one attached hydrogen (secondary N) is 2. The number of anilines is 1. The summed E-state index contributed by atoms with van der Waals surface area (Å²) in [5.74, 6) is -5.69. The molecule has 148 valence electrons. The highest BCUT2D eigenvalue weighted by atomic mass is 19.2. The lowest BCUT2D eigenvalue weighted by molar-refractivity contribution is -0.115. The normalized spacial score (nSPS) is 24.7. The highest BCUT2D eigenvalue weighted by Gasteiger charge is 2.65. The smallest absolute Gasteiger partial charge is 0.185 e. The van der Waals surface area contributed by atoms with E-state index in [1.54, 1.807) is 6.92 Å². The first kappa shape index (κ1) is 19.7. The molecule has 27 heavy (non-hydrogen) atoms. The SMILES string of the molecule is C/C(NCCNc1c(F)c(F)c(CO)c(F)c1F)=C1/C(=O)C[C@@H]2[C@@H]1C2(C)C. The molecule has 1 aromatic carbocycles. The Bertz CT molecular complexity index is 806. The molecule has 0 amide bonds. The van der Waals surface area contributed by atoms with Crippen LogP contribution in [0, 0.1) is 40.5 Å². The average Bonchev–Trinajstić information content (AvgIpc) is 2.95. The van der Waals surface area contributed by atoms with Crippen LogP contribution in [0.5, 0.6) is 0 Å². The van der Waals surface area contributed by atoms with Crippen LogP contribution in [0.2, 0.25) is 0 Å². The molecule has 8 heteroatoms. The van der Waals surface area contributed by atoms with Crippen LogP contribution in [0.1, 0.15) is 32.8 Å². The number of Topliss-reactive ketones (excluding diaryl/α,β-unsaturated/α-hetero) is 1. The molecule has 2 saturated carbocycles. The van der Waals surface area contributed by atoms with Crippen molar-refractivity contribution in [3.05, 3.63) is 40.1 Å². The van der Waals surface area contributed by atoms with Gasteiger partial charge in [-0.05, 0) is 24.2 Å². The molecule has 2 aliphatic rings. The number of carbonyl (C=O) groups is 1. The van der Waals surface area contributed by atoms with Crippen molar-refractivity contribution in [1.29, 1.82) is 0 Å². The Labute approximate surface area is 154 Å². The minimum atomic E-state index is -1.62. The Morgan fingerprint density at radius 2 is 1.70 bits per heavy atom. The van der Waals surface area contributed by atoms with Crippen LogP contribution < -0.4 is 10.6 Å². The summed E-state index contributed by atoms with van der Waals surface area (Å²) in [5.41, 5.74) is -0.369. The van der Waals surface area contributed by atoms with Crippen molar-refractivity contribution >= 4 is 11.5 Å². The Kier molecular flexibility index (Phi) is 4.96. The number of halogens is 4. The van der Waals surface area contributed by atoms with Crippen molar-refractivity contribution in [3.63, 3.8) is 0 Å². The standard InChI is InChI=1S/C19H22F4N2O2/c1-8(12-11(27)6-10-13(12)19(10,2)3)24-4-5-25-18-16(22)14(20)9(7-26)15(21)17(18)23/h10,13,24-26H,4-7H2,1-3H3/b12-8+/t10-,13+/m1/s1. The molecular weight excluding hydrogens is 364 g/mol. The fourth-order valence-electron chi connectivity index (χ4n) is 4.13. The van der Waals surface area contributed by atoms with Crippen molar-refractivity contribution in [2.75, 3.05) is 18.4 Å². The molecule has 0 spiro atoms. The molecule has 0 aromatic heterocycles. The van der Waals surface area contributed by atoms with E-state index in [2.05, 4.69) is 24.5 Å². The molecule has 1 aromatic rings. The van der Waals surface area contributed by atoms with Gasteiger partial charge in [0.05, 0.1) is 12.2 Å². The lowest BCUT2D eigenvalue weighted by atomic mass is 9.95. The minimum Gasteiger partial charge on any atom is -0.391 e. The number of fused-ring (bicyclic) bond motifs is 1. The molecule has 4 nitrogen and oxygen atoms in total. The monoisotopic (exact) mass is 386 g/mol. The van der Waals surface area contributed by atoms with Crippen LogP contribution in [0.4, 0.5) is 23.2 Å². The first-order chi connectivity index (χ1) is 12.6. The molecule has 0 aliphatic heterocycles. The summed E-state index contributed by atoms with van der Waals surface area (Å²) in [4.78, 5) is 12.1. The average molecular weight is 386 g/mol. The Morgan fingerprint density at radius 3 is 2.22 bits per heavy atom. The highest BCUT2D eigenvalue weighted by Crippen LogP contribution is 2.68. The molecule has 0 unspecified atom stereocenters. The van der Waals surface area contributed by atoms with Crippen molar-refractivity contribution in [1.82, 2.24) is 5.32 Å². The van der Waals surface area contributed by atoms with Crippen molar-refractivity contribution < 1.29 is 27.5 Å². The second-order valence-corrected chi connectivity index (χ2v) is 7.69. The van der Waals surface area contributed by atoms with E-state index in [4.69, 9.17) is 5.11 Å². The second kappa shape index (κ2) is 6.82. The molecule has 3 N–H and O–H groups in total. The maximum atomic E-state index is 13.9. The number of benzene rings is 1. The lowest BCUT2D eigenvalue weighted by Crippen LogP contribution is -2.24. The maximum Gasteiger partial charge on any atom is 0.185 e. The summed E-state index contributed by atoms with van der Waals surface area (Å²) < 4.78 is 55.1. The Hall–Kier alpha value is -2.09. The van der Waals surface area contributed by atoms with E-state index in [0.29, 0.717) is 18.0 Å². The van der Waals surface area contributed by atoms with Gasteiger partial charge in [0.1, 0.15) is 5.69 Å². The van der Waals surface area contributed by atoms with Gasteiger partial charge in [-0.1, -0.05) is 13.8 Å². The summed E-state index contributed by atoms with van der Waals surface area (Å²) in [7, 11) is 0. The van der Waals surface area contributed by atoms with E-state index in [0.717, 1.165) is 5.57 Å². The third kappa shape index (κ3) is 3.09. The number of hydrogen-bond donors (Lipinski definition) is 3. The van der Waals surface area contributed by atoms with Gasteiger partial charge in [-0.25, -0.2) is 17.6 Å². The van der Waals surface area contributed by atoms with Gasteiger partial charge in [-0.15, -0.1) is 0 Å². The van der Waals surface area contributed by atoms with Crippen molar-refractivity contribution in [3.8, 4) is 0 Å². The van der Waals surface area contributed by atoms with Crippen LogP contribution in [-0.4, -0.2) is 24.0 Å². The fourth-order valence-corrected chi connectivity index (χ4v) is 4.13. The van der Waals surface area contributed by atoms with Crippen LogP contribution in [-0.2, 0) is 11.4 Å². The third-order valence-corrected chi connectivity index (χ3v) is 5.80. The van der Waals surface area contributed by atoms with Gasteiger partial charge in [0, 0.05) is 30.8 Å². The third-order valence-electron chi connectivity index (χ3n) is 5.80. The molecule has 2 aliphatic carbocycles. The van der Waals surface area contributed by atoms with Crippen LogP contribution in [0.25, 0.3) is 0 Å². The fraction of sp³-hybridized carbons (Fsp3) is 0.526. The van der Waals surface area contributed by atoms with Gasteiger partial charge in [0.25, 0.3) is 0 Å². The lowest BCUT2D eigenvalue weighted by Gasteiger charge is -2.16. The van der Waals surface area contributed by atoms with Crippen LogP contribution in [0.3, 0.4) is 0 Å². The summed E-state index contributed by atoms with van der Waals surface area (Å²) in [6, 6.07) is 0. The van der Waals surface area contributed by atoms with Gasteiger partial charge >= 0.3 is 0 Å². The van der Waals surface area contributed by atoms with Crippen molar-refractivity contribution in [2.45, 2.75) is 33.8 Å². The first-order valence-electron chi connectivity index (χ1n) is 8.80. The number of carbonyl (C=O) groups excluding carboxylic acids is 1. The number of aliphatic hydroxyl groups is 1. The first-order valence-corrected chi connectivity index (χ1v) is 8.80. The second-order valence-electron chi connectivity index (χ2n) is 7.69. The van der Waals surface area contributed by atoms with Gasteiger partial charge < -0.3 is 15.7 Å². The summed E-state index contributed by atoms with van der Waals surface area (Å²) in [6.45, 7) is 5.04. The predicted octanol–water partition coefficient (Wildman–Crippen LogP) is 3.26. The number of hydrogen-bond acceptors (Lipinski definition) is 4. The van der Waals surface area contributed by atoms with Crippen molar-refractivity contribution in [2.24, 2.45) is 17.3 Å². The molecule has 2 atom stereocenters. The minimum absolute atomic E-state index is 0.0263. The Morgan fingerprint density at radius 1 is 1.11 bits per heavy atom. The molecule has 0 radical (unpaired) electrons. The molecule has 3 rings (SSSR count). The Balaban J connectivity index is 1.65. The maximum absolute atomic E-state index is 13.9. The quantitative estimate of drug-likeness (QED) is 0.304. The number of allylic oxidation sites excluding steroid dienone is 2. The molecule has 2 fully saturated rings. The molecule has 0 saturated heterocycles. The van der Waals surface area contributed by atoms with E-state index in [9.17, 15) is 22.4 Å². The summed E-state index contributed by atoms with van der Waals surface area (Å²) in [5, 5.41) is 14.2. The summed E-state index contributed by atoms with van der Waals surface area (Å²) >= 11 is 0. The van der Waals surface area contributed by atoms with Gasteiger partial charge in [0.15, 0.2) is 29.1 Å². The van der Waals surface area contributed by atoms with E-state index < -0.39 is 41.1 Å². The molecule has 0 bridgehead atoms. The zero-order valence-electron chi connectivity index (χ0n) is 15.4. The number of ketones is 1. The van der Waals surface area contributed by atoms with E-state index >= 15 is 0 Å². The zero-order valence-corrected chi connectivity index (χ0v) is 15.4. The highest BCUT2D eigenvalue weighted by molar-refractivity contribution is 6.01. The molecular formula is C19H22F4N2O2. The van der Waals surface area contributed by atoms with Gasteiger partial charge in [-0.3, -0.25) is 4.79 Å². The predicted molar refractivity (Wildman–Crippen MR) is 91.8 cm³/mol. The zero-order chi connectivity index (χ0) is 20.1. The van der Waals surface area contributed by atoms with Gasteiger partial charge in [-0.2, -0.15) is 0 Å². The van der Waals surface area contributed by atoms with E-state index in [-0.39, 0.29) is 30.2 Å². The van der Waals surface area contributed by atoms with Crippen LogP contribution >= 0.6 is 0 Å². The summed E-state index contributed by atoms with van der Waals surface area (Å²) in [6.07, 6.45) is 0.538.